The molecule has 0 amide bonds. The molecule has 0 fully saturated rings. The zero-order valence-electron chi connectivity index (χ0n) is 25.3. The van der Waals surface area contributed by atoms with Crippen molar-refractivity contribution in [3.05, 3.63) is 171 Å². The van der Waals surface area contributed by atoms with Crippen LogP contribution >= 0.6 is 0 Å². The van der Waals surface area contributed by atoms with Gasteiger partial charge in [-0.2, -0.15) is 0 Å². The number of aliphatic hydroxyl groups excluding tert-OH is 2. The molecule has 6 nitrogen and oxygen atoms in total. The van der Waals surface area contributed by atoms with E-state index in [1.165, 1.54) is 11.1 Å². The summed E-state index contributed by atoms with van der Waals surface area (Å²) < 4.78 is 0. The van der Waals surface area contributed by atoms with Crippen LogP contribution in [0.15, 0.2) is 153 Å². The summed E-state index contributed by atoms with van der Waals surface area (Å²) in [5.41, 5.74) is 11.0. The topological polar surface area (TPSA) is 89.2 Å². The maximum Gasteiger partial charge on any atom is 0.138 e. The Labute approximate surface area is 266 Å². The lowest BCUT2D eigenvalue weighted by Crippen LogP contribution is -2.35. The van der Waals surface area contributed by atoms with Gasteiger partial charge in [0.1, 0.15) is 23.2 Å². The van der Waals surface area contributed by atoms with Gasteiger partial charge < -0.3 is 20.8 Å². The van der Waals surface area contributed by atoms with Gasteiger partial charge in [-0.1, -0.05) is 96.1 Å². The lowest BCUT2D eigenvalue weighted by atomic mass is 9.69. The molecule has 0 saturated carbocycles. The summed E-state index contributed by atoms with van der Waals surface area (Å²) in [5.74, 6) is 1.55. The molecule has 3 aliphatic carbocycles. The van der Waals surface area contributed by atoms with Crippen LogP contribution < -0.4 is 10.6 Å². The number of amidine groups is 2. The van der Waals surface area contributed by atoms with Gasteiger partial charge >= 0.3 is 0 Å². The molecule has 46 heavy (non-hydrogen) atoms. The monoisotopic (exact) mass is 598 g/mol. The SMILES string of the molecule is Cc1ccc(C2=NC3=C4C(=CC=CC4C(C4=C(O)C(c5ccc6c7c(cccc57)NC(c5ccc(C)cc5)=N6)=C4O)C=C3)N2)cc1. The largest absolute Gasteiger partial charge is 0.507 e. The van der Waals surface area contributed by atoms with Crippen LogP contribution in [0.5, 0.6) is 0 Å². The maximum atomic E-state index is 11.6. The van der Waals surface area contributed by atoms with Gasteiger partial charge in [-0.15, -0.1) is 0 Å². The van der Waals surface area contributed by atoms with E-state index in [1.54, 1.807) is 0 Å². The summed E-state index contributed by atoms with van der Waals surface area (Å²) in [7, 11) is 0. The molecule has 9 rings (SSSR count). The number of anilines is 1. The van der Waals surface area contributed by atoms with Crippen molar-refractivity contribution in [1.29, 1.82) is 0 Å². The van der Waals surface area contributed by atoms with E-state index in [2.05, 4.69) is 91.2 Å². The van der Waals surface area contributed by atoms with Crippen molar-refractivity contribution in [3.63, 3.8) is 0 Å². The first-order valence-corrected chi connectivity index (χ1v) is 15.5. The predicted molar refractivity (Wildman–Crippen MR) is 185 cm³/mol. The molecule has 4 aromatic rings. The van der Waals surface area contributed by atoms with E-state index in [-0.39, 0.29) is 23.4 Å². The average Bonchev–Trinajstić information content (AvgIpc) is 3.08. The van der Waals surface area contributed by atoms with Crippen LogP contribution in [0.1, 0.15) is 27.8 Å². The molecule has 2 heterocycles. The predicted octanol–water partition coefficient (Wildman–Crippen LogP) is 8.62. The highest BCUT2D eigenvalue weighted by molar-refractivity contribution is 6.20. The van der Waals surface area contributed by atoms with E-state index in [0.29, 0.717) is 11.1 Å². The molecule has 4 aromatic carbocycles. The van der Waals surface area contributed by atoms with Crippen LogP contribution in [0, 0.1) is 25.7 Å². The highest BCUT2D eigenvalue weighted by atomic mass is 16.3. The first-order chi connectivity index (χ1) is 22.4. The molecular weight excluding hydrogens is 568 g/mol. The fourth-order valence-electron chi connectivity index (χ4n) is 7.19. The molecule has 0 aromatic heterocycles. The van der Waals surface area contributed by atoms with Crippen molar-refractivity contribution in [2.24, 2.45) is 21.8 Å². The Morgan fingerprint density at radius 2 is 1.37 bits per heavy atom. The van der Waals surface area contributed by atoms with Gasteiger partial charge in [0, 0.05) is 50.9 Å². The van der Waals surface area contributed by atoms with Crippen molar-refractivity contribution in [2.45, 2.75) is 13.8 Å². The number of nitrogens with one attached hydrogen (secondary N) is 2. The number of hydrogen-bond acceptors (Lipinski definition) is 6. The second-order valence-corrected chi connectivity index (χ2v) is 12.4. The second-order valence-electron chi connectivity index (χ2n) is 12.4. The minimum atomic E-state index is -0.233. The van der Waals surface area contributed by atoms with E-state index in [4.69, 9.17) is 9.98 Å². The van der Waals surface area contributed by atoms with Crippen LogP contribution in [-0.2, 0) is 0 Å². The zero-order chi connectivity index (χ0) is 31.1. The van der Waals surface area contributed by atoms with Crippen LogP contribution in [0.3, 0.4) is 0 Å². The van der Waals surface area contributed by atoms with E-state index < -0.39 is 0 Å². The molecule has 0 saturated heterocycles. The van der Waals surface area contributed by atoms with Crippen molar-refractivity contribution >= 4 is 39.4 Å². The van der Waals surface area contributed by atoms with E-state index in [9.17, 15) is 10.2 Å². The highest BCUT2D eigenvalue weighted by Gasteiger charge is 2.42. The Hall–Kier alpha value is -5.88. The Kier molecular flexibility index (Phi) is 5.66. The maximum absolute atomic E-state index is 11.6. The number of rotatable bonds is 4. The molecule has 2 atom stereocenters. The first-order valence-electron chi connectivity index (χ1n) is 15.5. The fourth-order valence-corrected chi connectivity index (χ4v) is 7.19. The van der Waals surface area contributed by atoms with Crippen LogP contribution in [-0.4, -0.2) is 21.9 Å². The van der Waals surface area contributed by atoms with E-state index >= 15 is 0 Å². The number of benzene rings is 4. The second kappa shape index (κ2) is 9.81. The third-order valence-electron chi connectivity index (χ3n) is 9.55. The summed E-state index contributed by atoms with van der Waals surface area (Å²) in [6.07, 6.45) is 10.3. The molecule has 2 aliphatic heterocycles. The molecule has 0 bridgehead atoms. The summed E-state index contributed by atoms with van der Waals surface area (Å²) in [5, 5.41) is 32.2. The first kappa shape index (κ1) is 26.5. The summed E-state index contributed by atoms with van der Waals surface area (Å²) >= 11 is 0. The Balaban J connectivity index is 1.06. The van der Waals surface area contributed by atoms with Gasteiger partial charge in [-0.05, 0) is 49.1 Å². The minimum Gasteiger partial charge on any atom is -0.507 e. The highest BCUT2D eigenvalue weighted by Crippen LogP contribution is 2.52. The number of nitrogens with zero attached hydrogens (tertiary/aromatic N) is 2. The zero-order valence-corrected chi connectivity index (χ0v) is 25.3. The molecule has 2 unspecified atom stereocenters. The molecule has 4 N–H and O–H groups in total. The number of allylic oxidation sites excluding steroid dienone is 8. The lowest BCUT2D eigenvalue weighted by molar-refractivity contribution is 0.346. The fraction of sp³-hybridized carbons (Fsp3) is 0.100. The van der Waals surface area contributed by atoms with Gasteiger partial charge in [0.25, 0.3) is 0 Å². The number of hydrogen-bond donors (Lipinski definition) is 4. The van der Waals surface area contributed by atoms with Gasteiger partial charge in [-0.3, -0.25) is 0 Å². The summed E-state index contributed by atoms with van der Waals surface area (Å²) in [4.78, 5) is 9.92. The average molecular weight is 599 g/mol. The van der Waals surface area contributed by atoms with E-state index in [1.807, 2.05) is 42.5 Å². The van der Waals surface area contributed by atoms with Crippen LogP contribution in [0.25, 0.3) is 16.3 Å². The quantitative estimate of drug-likeness (QED) is 0.189. The number of aryl methyl sites for hydroxylation is 2. The Morgan fingerprint density at radius 3 is 2.09 bits per heavy atom. The summed E-state index contributed by atoms with van der Waals surface area (Å²) in [6, 6.07) is 26.6. The van der Waals surface area contributed by atoms with Crippen molar-refractivity contribution in [1.82, 2.24) is 5.32 Å². The smallest absolute Gasteiger partial charge is 0.138 e. The molecule has 222 valence electrons. The molecular formula is C40H30N4O2. The lowest BCUT2D eigenvalue weighted by Gasteiger charge is -2.38. The Bertz CT molecular complexity index is 2280. The van der Waals surface area contributed by atoms with Gasteiger partial charge in [-0.25, -0.2) is 9.98 Å². The molecule has 0 radical (unpaired) electrons. The number of aliphatic hydroxyl groups is 2. The van der Waals surface area contributed by atoms with Gasteiger partial charge in [0.2, 0.25) is 0 Å². The molecule has 5 aliphatic rings. The van der Waals surface area contributed by atoms with Gasteiger partial charge in [0.15, 0.2) is 0 Å². The molecule has 6 heteroatoms. The number of aliphatic imine (C=N–C) groups is 2. The van der Waals surface area contributed by atoms with Crippen LogP contribution in [0.4, 0.5) is 11.4 Å². The molecule has 0 spiro atoms. The van der Waals surface area contributed by atoms with Crippen molar-refractivity contribution in [2.75, 3.05) is 5.32 Å². The standard InChI is InChI=1S/C40H30N4O2/c1-21-9-13-23(14-10-21)39-41-29-7-3-5-25-27(17-19-31(43-39)33(25)29)35-37(45)36(38(35)46)28-18-20-32-34-26(28)6-4-8-30(34)42-40(44-32)24-15-11-22(2)12-16-24/h3-20,25,27,45-46H,1-2H3,(H,41,43)(H,42,44). The third-order valence-corrected chi connectivity index (χ3v) is 9.55. The van der Waals surface area contributed by atoms with Crippen molar-refractivity contribution < 1.29 is 10.2 Å². The third kappa shape index (κ3) is 3.90. The van der Waals surface area contributed by atoms with Crippen molar-refractivity contribution in [3.8, 4) is 0 Å². The van der Waals surface area contributed by atoms with Crippen LogP contribution in [0.2, 0.25) is 0 Å². The van der Waals surface area contributed by atoms with Gasteiger partial charge in [0.05, 0.1) is 17.0 Å². The Morgan fingerprint density at radius 1 is 0.674 bits per heavy atom. The summed E-state index contributed by atoms with van der Waals surface area (Å²) in [6.45, 7) is 4.14. The minimum absolute atomic E-state index is 0.0771. The normalized spacial score (nSPS) is 20.9. The van der Waals surface area contributed by atoms with E-state index in [0.717, 1.165) is 67.5 Å².